The zero-order valence-electron chi connectivity index (χ0n) is 20.6. The molecule has 0 spiro atoms. The molecule has 0 fully saturated rings. The highest BCUT2D eigenvalue weighted by atomic mass is 16.4. The fourth-order valence-electron chi connectivity index (χ4n) is 4.76. The van der Waals surface area contributed by atoms with E-state index >= 15 is 0 Å². The number of para-hydroxylation sites is 1. The summed E-state index contributed by atoms with van der Waals surface area (Å²) < 4.78 is 0. The standard InChI is InChI=1S/C25H32N4O7/c1-4-13(2)21(26-14(3)31)24(35)28-18-9-8-15-6-5-7-16-10-19(29(22(15)16)25(18)36)23(34)27-17(12-30)11-20(32)33/h5-7,12-13,17-19,21H,4,8-11H2,1-3H3,(H,26,31)(H,27,34)(H,28,35)(H,32,33)/t13-,17-,18?,19-,21-/m0/s1. The van der Waals surface area contributed by atoms with Crippen LogP contribution in [-0.4, -0.2) is 65.2 Å². The number of nitrogens with one attached hydrogen (secondary N) is 3. The largest absolute Gasteiger partial charge is 0.481 e. The van der Waals surface area contributed by atoms with Crippen molar-refractivity contribution in [2.75, 3.05) is 4.90 Å². The molecule has 5 atom stereocenters. The molecule has 4 amide bonds. The Morgan fingerprint density at radius 1 is 1.19 bits per heavy atom. The van der Waals surface area contributed by atoms with Gasteiger partial charge in [-0.2, -0.15) is 0 Å². The number of carboxylic acids is 1. The molecule has 0 saturated heterocycles. The lowest BCUT2D eigenvalue weighted by atomic mass is 9.97. The molecule has 11 heteroatoms. The number of hydrogen-bond donors (Lipinski definition) is 4. The topological polar surface area (TPSA) is 162 Å². The number of aliphatic carboxylic acids is 1. The van der Waals surface area contributed by atoms with E-state index in [4.69, 9.17) is 5.11 Å². The minimum Gasteiger partial charge on any atom is -0.481 e. The molecule has 1 aromatic carbocycles. The maximum atomic E-state index is 13.7. The molecule has 0 aromatic heterocycles. The van der Waals surface area contributed by atoms with Gasteiger partial charge in [-0.05, 0) is 29.9 Å². The monoisotopic (exact) mass is 500 g/mol. The summed E-state index contributed by atoms with van der Waals surface area (Å²) in [6.07, 6.45) is 1.39. The first-order valence-electron chi connectivity index (χ1n) is 12.1. The maximum absolute atomic E-state index is 13.7. The van der Waals surface area contributed by atoms with Gasteiger partial charge >= 0.3 is 5.97 Å². The predicted molar refractivity (Wildman–Crippen MR) is 129 cm³/mol. The summed E-state index contributed by atoms with van der Waals surface area (Å²) in [4.78, 5) is 75.3. The number of amides is 4. The van der Waals surface area contributed by atoms with E-state index in [1.165, 1.54) is 11.8 Å². The molecule has 36 heavy (non-hydrogen) atoms. The van der Waals surface area contributed by atoms with Gasteiger partial charge in [0.15, 0.2) is 0 Å². The second-order valence-electron chi connectivity index (χ2n) is 9.37. The van der Waals surface area contributed by atoms with Crippen molar-refractivity contribution >= 4 is 41.6 Å². The van der Waals surface area contributed by atoms with Crippen molar-refractivity contribution in [1.29, 1.82) is 0 Å². The van der Waals surface area contributed by atoms with Crippen molar-refractivity contribution in [3.63, 3.8) is 0 Å². The Labute approximate surface area is 209 Å². The van der Waals surface area contributed by atoms with E-state index in [1.807, 2.05) is 32.0 Å². The number of rotatable bonds is 10. The maximum Gasteiger partial charge on any atom is 0.305 e. The molecular formula is C25H32N4O7. The van der Waals surface area contributed by atoms with E-state index in [-0.39, 0.29) is 18.2 Å². The highest BCUT2D eigenvalue weighted by Gasteiger charge is 2.44. The molecule has 2 aliphatic heterocycles. The summed E-state index contributed by atoms with van der Waals surface area (Å²) in [5.74, 6) is -3.37. The second kappa shape index (κ2) is 11.3. The van der Waals surface area contributed by atoms with Crippen LogP contribution in [0.25, 0.3) is 0 Å². The number of anilines is 1. The molecule has 11 nitrogen and oxygen atoms in total. The van der Waals surface area contributed by atoms with E-state index in [0.29, 0.717) is 31.2 Å². The van der Waals surface area contributed by atoms with Crippen molar-refractivity contribution in [2.24, 2.45) is 5.92 Å². The number of benzene rings is 1. The second-order valence-corrected chi connectivity index (χ2v) is 9.37. The number of aldehydes is 1. The molecular weight excluding hydrogens is 468 g/mol. The SMILES string of the molecule is CC[C@H](C)[C@H](NC(C)=O)C(=O)NC1CCc2cccc3c2N(C1=O)[C@H](C(=O)N[C@H](C=O)CC(=O)O)C3. The van der Waals surface area contributed by atoms with Gasteiger partial charge < -0.3 is 25.9 Å². The van der Waals surface area contributed by atoms with Crippen molar-refractivity contribution in [3.05, 3.63) is 29.3 Å². The van der Waals surface area contributed by atoms with Gasteiger partial charge in [0, 0.05) is 13.3 Å². The van der Waals surface area contributed by atoms with E-state index < -0.39 is 54.3 Å². The molecule has 0 bridgehead atoms. The zero-order chi connectivity index (χ0) is 26.6. The number of carbonyl (C=O) groups is 6. The molecule has 0 saturated carbocycles. The van der Waals surface area contributed by atoms with E-state index in [0.717, 1.165) is 11.1 Å². The van der Waals surface area contributed by atoms with Crippen LogP contribution in [0.5, 0.6) is 0 Å². The number of hydrogen-bond acceptors (Lipinski definition) is 6. The van der Waals surface area contributed by atoms with Gasteiger partial charge in [0.05, 0.1) is 18.2 Å². The first-order chi connectivity index (χ1) is 17.1. The average Bonchev–Trinajstić information content (AvgIpc) is 3.17. The van der Waals surface area contributed by atoms with E-state index in [9.17, 15) is 28.8 Å². The Bertz CT molecular complexity index is 1070. The Hall–Kier alpha value is -3.76. The first-order valence-corrected chi connectivity index (χ1v) is 12.1. The van der Waals surface area contributed by atoms with Gasteiger partial charge in [-0.25, -0.2) is 0 Å². The van der Waals surface area contributed by atoms with E-state index in [1.54, 1.807) is 0 Å². The quantitative estimate of drug-likeness (QED) is 0.331. The fourth-order valence-corrected chi connectivity index (χ4v) is 4.76. The summed E-state index contributed by atoms with van der Waals surface area (Å²) in [7, 11) is 0. The number of carboxylic acid groups (broad SMARTS) is 1. The average molecular weight is 501 g/mol. The normalized spacial score (nSPS) is 20.9. The highest BCUT2D eigenvalue weighted by molar-refractivity contribution is 6.08. The highest BCUT2D eigenvalue weighted by Crippen LogP contribution is 2.39. The lowest BCUT2D eigenvalue weighted by Crippen LogP contribution is -2.58. The third-order valence-electron chi connectivity index (χ3n) is 6.77. The number of aryl methyl sites for hydroxylation is 1. The smallest absolute Gasteiger partial charge is 0.305 e. The number of carbonyl (C=O) groups excluding carboxylic acids is 5. The Kier molecular flexibility index (Phi) is 8.44. The van der Waals surface area contributed by atoms with Gasteiger partial charge in [-0.15, -0.1) is 0 Å². The first kappa shape index (κ1) is 26.8. The van der Waals surface area contributed by atoms with Crippen LogP contribution in [0.15, 0.2) is 18.2 Å². The Balaban J connectivity index is 1.87. The fraction of sp³-hybridized carbons (Fsp3) is 0.520. The summed E-state index contributed by atoms with van der Waals surface area (Å²) in [5, 5.41) is 16.8. The molecule has 3 rings (SSSR count). The van der Waals surface area contributed by atoms with Crippen LogP contribution < -0.4 is 20.9 Å². The molecule has 4 N–H and O–H groups in total. The molecule has 0 aliphatic carbocycles. The zero-order valence-corrected chi connectivity index (χ0v) is 20.6. The van der Waals surface area contributed by atoms with Gasteiger partial charge in [0.2, 0.25) is 23.6 Å². The van der Waals surface area contributed by atoms with Crippen LogP contribution in [0, 0.1) is 5.92 Å². The minimum atomic E-state index is -1.24. The van der Waals surface area contributed by atoms with E-state index in [2.05, 4.69) is 16.0 Å². The van der Waals surface area contributed by atoms with Gasteiger partial charge in [-0.3, -0.25) is 28.9 Å². The van der Waals surface area contributed by atoms with Gasteiger partial charge in [-0.1, -0.05) is 38.5 Å². The van der Waals surface area contributed by atoms with Gasteiger partial charge in [0.1, 0.15) is 24.4 Å². The molecule has 0 radical (unpaired) electrons. The number of nitrogens with zero attached hydrogens (tertiary/aromatic N) is 1. The van der Waals surface area contributed by atoms with Crippen LogP contribution >= 0.6 is 0 Å². The lowest BCUT2D eigenvalue weighted by molar-refractivity contribution is -0.139. The summed E-state index contributed by atoms with van der Waals surface area (Å²) in [6, 6.07) is 1.53. The Morgan fingerprint density at radius 3 is 2.50 bits per heavy atom. The third-order valence-corrected chi connectivity index (χ3v) is 6.77. The predicted octanol–water partition coefficient (Wildman–Crippen LogP) is 0.0845. The van der Waals surface area contributed by atoms with Crippen LogP contribution in [0.4, 0.5) is 5.69 Å². The van der Waals surface area contributed by atoms with Gasteiger partial charge in [0.25, 0.3) is 0 Å². The van der Waals surface area contributed by atoms with Crippen molar-refractivity contribution in [2.45, 2.75) is 77.0 Å². The minimum absolute atomic E-state index is 0.168. The van der Waals surface area contributed by atoms with Crippen LogP contribution in [0.1, 0.15) is 51.2 Å². The Morgan fingerprint density at radius 2 is 1.89 bits per heavy atom. The summed E-state index contributed by atoms with van der Waals surface area (Å²) >= 11 is 0. The molecule has 1 unspecified atom stereocenters. The molecule has 194 valence electrons. The summed E-state index contributed by atoms with van der Waals surface area (Å²) in [5.41, 5.74) is 2.25. The lowest BCUT2D eigenvalue weighted by Gasteiger charge is -2.30. The van der Waals surface area contributed by atoms with Crippen LogP contribution in [0.2, 0.25) is 0 Å². The summed E-state index contributed by atoms with van der Waals surface area (Å²) in [6.45, 7) is 5.05. The van der Waals surface area contributed by atoms with Crippen molar-refractivity contribution in [3.8, 4) is 0 Å². The molecule has 2 aliphatic rings. The van der Waals surface area contributed by atoms with Crippen molar-refractivity contribution < 1.29 is 33.9 Å². The molecule has 2 heterocycles. The third kappa shape index (κ3) is 5.72. The van der Waals surface area contributed by atoms with Crippen molar-refractivity contribution in [1.82, 2.24) is 16.0 Å². The molecule has 1 aromatic rings. The van der Waals surface area contributed by atoms with Crippen LogP contribution in [0.3, 0.4) is 0 Å². The van der Waals surface area contributed by atoms with Crippen LogP contribution in [-0.2, 0) is 41.6 Å².